The zero-order valence-corrected chi connectivity index (χ0v) is 10.4. The third-order valence-electron chi connectivity index (χ3n) is 2.54. The molecule has 0 aromatic heterocycles. The molecule has 3 nitrogen and oxygen atoms in total. The molecule has 0 aliphatic carbocycles. The fourth-order valence-corrected chi connectivity index (χ4v) is 1.51. The van der Waals surface area contributed by atoms with E-state index in [2.05, 4.69) is 10.5 Å². The van der Waals surface area contributed by atoms with Crippen molar-refractivity contribution in [2.45, 2.75) is 6.92 Å². The Bertz CT molecular complexity index is 606. The molecular weight excluding hydrogens is 243 g/mol. The van der Waals surface area contributed by atoms with Gasteiger partial charge in [-0.25, -0.2) is 9.82 Å². The summed E-state index contributed by atoms with van der Waals surface area (Å²) < 4.78 is 12.9. The SMILES string of the molecule is Cc1ccc(/C=N/NC(=O)c2cccc(F)c2)cc1. The number of aryl methyl sites for hydroxylation is 1. The number of halogens is 1. The van der Waals surface area contributed by atoms with Crippen molar-refractivity contribution in [2.24, 2.45) is 5.10 Å². The van der Waals surface area contributed by atoms with Crippen molar-refractivity contribution in [3.05, 3.63) is 71.0 Å². The van der Waals surface area contributed by atoms with E-state index in [1.54, 1.807) is 0 Å². The number of benzene rings is 2. The molecule has 2 aromatic rings. The van der Waals surface area contributed by atoms with Gasteiger partial charge in [-0.3, -0.25) is 4.79 Å². The number of nitrogens with zero attached hydrogens (tertiary/aromatic N) is 1. The second kappa shape index (κ2) is 5.91. The molecule has 0 unspecified atom stereocenters. The monoisotopic (exact) mass is 256 g/mol. The molecule has 19 heavy (non-hydrogen) atoms. The van der Waals surface area contributed by atoms with Crippen LogP contribution in [-0.4, -0.2) is 12.1 Å². The Morgan fingerprint density at radius 2 is 1.95 bits per heavy atom. The zero-order valence-electron chi connectivity index (χ0n) is 10.4. The molecule has 0 saturated carbocycles. The third kappa shape index (κ3) is 3.74. The summed E-state index contributed by atoms with van der Waals surface area (Å²) in [5, 5.41) is 3.83. The Hall–Kier alpha value is -2.49. The Kier molecular flexibility index (Phi) is 4.03. The zero-order chi connectivity index (χ0) is 13.7. The Labute approximate surface area is 110 Å². The molecule has 0 aliphatic rings. The van der Waals surface area contributed by atoms with Crippen LogP contribution < -0.4 is 5.43 Å². The molecule has 96 valence electrons. The first-order valence-corrected chi connectivity index (χ1v) is 5.81. The van der Waals surface area contributed by atoms with E-state index in [4.69, 9.17) is 0 Å². The summed E-state index contributed by atoms with van der Waals surface area (Å²) in [7, 11) is 0. The molecule has 0 spiro atoms. The fraction of sp³-hybridized carbons (Fsp3) is 0.0667. The van der Waals surface area contributed by atoms with Gasteiger partial charge in [-0.1, -0.05) is 35.9 Å². The predicted octanol–water partition coefficient (Wildman–Crippen LogP) is 2.90. The van der Waals surface area contributed by atoms with Crippen LogP contribution in [0.25, 0.3) is 0 Å². The van der Waals surface area contributed by atoms with Crippen molar-refractivity contribution in [3.63, 3.8) is 0 Å². The minimum atomic E-state index is -0.449. The van der Waals surface area contributed by atoms with Gasteiger partial charge in [-0.2, -0.15) is 5.10 Å². The van der Waals surface area contributed by atoms with Gasteiger partial charge in [0.05, 0.1) is 6.21 Å². The summed E-state index contributed by atoms with van der Waals surface area (Å²) in [4.78, 5) is 11.6. The summed E-state index contributed by atoms with van der Waals surface area (Å²) in [5.74, 6) is -0.891. The lowest BCUT2D eigenvalue weighted by atomic mass is 10.2. The fourth-order valence-electron chi connectivity index (χ4n) is 1.51. The van der Waals surface area contributed by atoms with E-state index in [0.717, 1.165) is 17.2 Å². The van der Waals surface area contributed by atoms with Crippen LogP contribution in [0.3, 0.4) is 0 Å². The molecule has 4 heteroatoms. The van der Waals surface area contributed by atoms with Gasteiger partial charge in [0.25, 0.3) is 5.91 Å². The van der Waals surface area contributed by atoms with Crippen LogP contribution in [0.5, 0.6) is 0 Å². The van der Waals surface area contributed by atoms with Gasteiger partial charge in [-0.05, 0) is 30.7 Å². The highest BCUT2D eigenvalue weighted by molar-refractivity contribution is 5.94. The summed E-state index contributed by atoms with van der Waals surface area (Å²) in [6.07, 6.45) is 1.54. The molecule has 1 N–H and O–H groups in total. The van der Waals surface area contributed by atoms with Crippen molar-refractivity contribution in [1.29, 1.82) is 0 Å². The highest BCUT2D eigenvalue weighted by Gasteiger charge is 2.04. The normalized spacial score (nSPS) is 10.6. The highest BCUT2D eigenvalue weighted by Crippen LogP contribution is 2.03. The van der Waals surface area contributed by atoms with Crippen LogP contribution in [0.4, 0.5) is 4.39 Å². The van der Waals surface area contributed by atoms with Gasteiger partial charge in [0, 0.05) is 5.56 Å². The molecular formula is C15H13FN2O. The van der Waals surface area contributed by atoms with E-state index < -0.39 is 11.7 Å². The maximum Gasteiger partial charge on any atom is 0.271 e. The van der Waals surface area contributed by atoms with Crippen LogP contribution in [-0.2, 0) is 0 Å². The molecule has 0 fully saturated rings. The molecule has 2 aromatic carbocycles. The maximum absolute atomic E-state index is 12.9. The lowest BCUT2D eigenvalue weighted by Gasteiger charge is -1.99. The number of hydrogen-bond acceptors (Lipinski definition) is 2. The quantitative estimate of drug-likeness (QED) is 0.665. The van der Waals surface area contributed by atoms with Crippen LogP contribution in [0, 0.1) is 12.7 Å². The molecule has 0 heterocycles. The van der Waals surface area contributed by atoms with E-state index >= 15 is 0 Å². The standard InChI is InChI=1S/C15H13FN2O/c1-11-5-7-12(8-6-11)10-17-18-15(19)13-3-2-4-14(16)9-13/h2-10H,1H3,(H,18,19)/b17-10+. The second-order valence-electron chi connectivity index (χ2n) is 4.12. The van der Waals surface area contributed by atoms with Gasteiger partial charge >= 0.3 is 0 Å². The molecule has 1 amide bonds. The molecule has 2 rings (SSSR count). The summed E-state index contributed by atoms with van der Waals surface area (Å²) in [6, 6.07) is 13.2. The third-order valence-corrected chi connectivity index (χ3v) is 2.54. The number of hydrogen-bond donors (Lipinski definition) is 1. The van der Waals surface area contributed by atoms with Crippen LogP contribution >= 0.6 is 0 Å². The smallest absolute Gasteiger partial charge is 0.267 e. The average Bonchev–Trinajstić information content (AvgIpc) is 2.41. The maximum atomic E-state index is 12.9. The van der Waals surface area contributed by atoms with E-state index in [1.165, 1.54) is 24.4 Å². The van der Waals surface area contributed by atoms with E-state index in [-0.39, 0.29) is 5.56 Å². The first-order chi connectivity index (χ1) is 9.15. The van der Waals surface area contributed by atoms with E-state index in [9.17, 15) is 9.18 Å². The van der Waals surface area contributed by atoms with Gasteiger partial charge in [0.15, 0.2) is 0 Å². The second-order valence-corrected chi connectivity index (χ2v) is 4.12. The summed E-state index contributed by atoms with van der Waals surface area (Å²) >= 11 is 0. The Balaban J connectivity index is 1.98. The Morgan fingerprint density at radius 1 is 1.21 bits per heavy atom. The predicted molar refractivity (Wildman–Crippen MR) is 72.6 cm³/mol. The molecule has 0 bridgehead atoms. The van der Waals surface area contributed by atoms with E-state index in [1.807, 2.05) is 31.2 Å². The Morgan fingerprint density at radius 3 is 2.63 bits per heavy atom. The first kappa shape index (κ1) is 13.0. The minimum Gasteiger partial charge on any atom is -0.267 e. The van der Waals surface area contributed by atoms with Crippen molar-refractivity contribution in [3.8, 4) is 0 Å². The van der Waals surface area contributed by atoms with Crippen molar-refractivity contribution >= 4 is 12.1 Å². The largest absolute Gasteiger partial charge is 0.271 e. The van der Waals surface area contributed by atoms with Crippen LogP contribution in [0.2, 0.25) is 0 Å². The molecule has 0 aliphatic heterocycles. The van der Waals surface area contributed by atoms with Gasteiger partial charge < -0.3 is 0 Å². The number of hydrazone groups is 1. The number of rotatable bonds is 3. The van der Waals surface area contributed by atoms with Crippen molar-refractivity contribution in [2.75, 3.05) is 0 Å². The number of carbonyl (C=O) groups is 1. The number of nitrogens with one attached hydrogen (secondary N) is 1. The van der Waals surface area contributed by atoms with Crippen molar-refractivity contribution in [1.82, 2.24) is 5.43 Å². The van der Waals surface area contributed by atoms with Crippen molar-refractivity contribution < 1.29 is 9.18 Å². The lowest BCUT2D eigenvalue weighted by molar-refractivity contribution is 0.0954. The van der Waals surface area contributed by atoms with Crippen LogP contribution in [0.15, 0.2) is 53.6 Å². The number of carbonyl (C=O) groups excluding carboxylic acids is 1. The lowest BCUT2D eigenvalue weighted by Crippen LogP contribution is -2.17. The first-order valence-electron chi connectivity index (χ1n) is 5.81. The topological polar surface area (TPSA) is 41.5 Å². The van der Waals surface area contributed by atoms with Crippen LogP contribution in [0.1, 0.15) is 21.5 Å². The van der Waals surface area contributed by atoms with Gasteiger partial charge in [0.2, 0.25) is 0 Å². The summed E-state index contributed by atoms with van der Waals surface area (Å²) in [6.45, 7) is 1.99. The molecule has 0 radical (unpaired) electrons. The minimum absolute atomic E-state index is 0.237. The molecule has 0 saturated heterocycles. The number of amides is 1. The van der Waals surface area contributed by atoms with E-state index in [0.29, 0.717) is 0 Å². The summed E-state index contributed by atoms with van der Waals surface area (Å²) in [5.41, 5.74) is 4.62. The average molecular weight is 256 g/mol. The van der Waals surface area contributed by atoms with Gasteiger partial charge in [0.1, 0.15) is 5.82 Å². The highest BCUT2D eigenvalue weighted by atomic mass is 19.1. The molecule has 0 atom stereocenters. The van der Waals surface area contributed by atoms with Gasteiger partial charge in [-0.15, -0.1) is 0 Å².